The Morgan fingerprint density at radius 3 is 1.83 bits per heavy atom. The molecule has 2 fully saturated rings. The molecule has 0 aromatic carbocycles. The summed E-state index contributed by atoms with van der Waals surface area (Å²) in [5.74, 6) is -1.20. The molecule has 2 aliphatic rings. The molecule has 0 radical (unpaired) electrons. The fourth-order valence-corrected chi connectivity index (χ4v) is 4.50. The van der Waals surface area contributed by atoms with Crippen LogP contribution in [0.15, 0.2) is 0 Å². The molecule has 0 heterocycles. The summed E-state index contributed by atoms with van der Waals surface area (Å²) in [7, 11) is -0.426. The number of sulfonamides is 1. The summed E-state index contributed by atoms with van der Waals surface area (Å²) in [5, 5.41) is 3.03. The number of carbonyl (C=O) groups is 1. The second-order valence-corrected chi connectivity index (χ2v) is 10.6. The van der Waals surface area contributed by atoms with E-state index < -0.39 is 21.7 Å². The van der Waals surface area contributed by atoms with Crippen molar-refractivity contribution >= 4 is 56.2 Å². The van der Waals surface area contributed by atoms with Gasteiger partial charge >= 0.3 is 160 Å². The molecular formula is C14H24N4O3SSe2. The molecular weight excluding hydrogens is 462 g/mol. The van der Waals surface area contributed by atoms with Gasteiger partial charge in [-0.3, -0.25) is 0 Å². The average molecular weight is 486 g/mol. The topological polar surface area (TPSA) is 81.8 Å². The van der Waals surface area contributed by atoms with Crippen LogP contribution in [0.3, 0.4) is 0 Å². The van der Waals surface area contributed by atoms with E-state index in [-0.39, 0.29) is 10.8 Å². The minimum atomic E-state index is -3.77. The number of hydrogen-bond acceptors (Lipinski definition) is 5. The van der Waals surface area contributed by atoms with Crippen molar-refractivity contribution in [3.8, 4) is 0 Å². The Bertz CT molecular complexity index is 672. The van der Waals surface area contributed by atoms with Gasteiger partial charge in [0.05, 0.1) is 0 Å². The second-order valence-electron chi connectivity index (χ2n) is 7.24. The predicted octanol–water partition coefficient (Wildman–Crippen LogP) is -1.09. The molecule has 0 spiro atoms. The number of carbonyl (C=O) groups excluding carboxylic acids is 1. The molecule has 2 N–H and O–H groups in total. The van der Waals surface area contributed by atoms with Gasteiger partial charge in [-0.15, -0.1) is 0 Å². The summed E-state index contributed by atoms with van der Waals surface area (Å²) in [6.45, 7) is 4.17. The van der Waals surface area contributed by atoms with Crippen LogP contribution in [-0.4, -0.2) is 84.4 Å². The first kappa shape index (κ1) is 20.1. The Balaban J connectivity index is 1.85. The summed E-state index contributed by atoms with van der Waals surface area (Å²) < 4.78 is 26.1. The Labute approximate surface area is 159 Å². The van der Waals surface area contributed by atoms with Crippen LogP contribution in [0.25, 0.3) is 0 Å². The van der Waals surface area contributed by atoms with Crippen LogP contribution < -0.4 is 10.3 Å². The van der Waals surface area contributed by atoms with Crippen molar-refractivity contribution in [1.29, 1.82) is 0 Å². The first-order valence-electron chi connectivity index (χ1n) is 7.75. The van der Waals surface area contributed by atoms with Crippen LogP contribution in [0.1, 0.15) is 39.5 Å². The molecule has 1 amide bonds. The summed E-state index contributed by atoms with van der Waals surface area (Å²) in [4.78, 5) is 14.5. The monoisotopic (exact) mass is 488 g/mol. The molecule has 0 bridgehead atoms. The van der Waals surface area contributed by atoms with Crippen molar-refractivity contribution in [3.05, 3.63) is 0 Å². The molecule has 0 aromatic rings. The molecule has 136 valence electrons. The summed E-state index contributed by atoms with van der Waals surface area (Å²) in [6, 6.07) is 0. The molecule has 10 heteroatoms. The third-order valence-electron chi connectivity index (χ3n) is 4.53. The first-order chi connectivity index (χ1) is 10.9. The zero-order valence-electron chi connectivity index (χ0n) is 14.4. The van der Waals surface area contributed by atoms with Gasteiger partial charge in [-0.25, -0.2) is 0 Å². The number of amides is 1. The van der Waals surface area contributed by atoms with Gasteiger partial charge < -0.3 is 0 Å². The van der Waals surface area contributed by atoms with Crippen LogP contribution in [0, 0.1) is 10.8 Å². The van der Waals surface area contributed by atoms with Crippen LogP contribution in [0.4, 0.5) is 0 Å². The van der Waals surface area contributed by atoms with Gasteiger partial charge in [0, 0.05) is 0 Å². The van der Waals surface area contributed by atoms with Crippen molar-refractivity contribution in [3.63, 3.8) is 0 Å². The van der Waals surface area contributed by atoms with E-state index in [0.29, 0.717) is 0 Å². The molecule has 2 saturated carbocycles. The fourth-order valence-electron chi connectivity index (χ4n) is 2.34. The average Bonchev–Trinajstić information content (AvgIpc) is 3.36. The van der Waals surface area contributed by atoms with Gasteiger partial charge in [0.25, 0.3) is 0 Å². The molecule has 2 aliphatic carbocycles. The van der Waals surface area contributed by atoms with E-state index in [1.165, 1.54) is 5.01 Å². The molecule has 0 aliphatic heterocycles. The fraction of sp³-hybridized carbons (Fsp3) is 0.786. The van der Waals surface area contributed by atoms with Crippen LogP contribution in [0.2, 0.25) is 0 Å². The van der Waals surface area contributed by atoms with Crippen LogP contribution >= 0.6 is 0 Å². The van der Waals surface area contributed by atoms with E-state index in [1.807, 2.05) is 0 Å². The van der Waals surface area contributed by atoms with Gasteiger partial charge in [0.1, 0.15) is 0 Å². The molecule has 7 nitrogen and oxygen atoms in total. The van der Waals surface area contributed by atoms with E-state index in [2.05, 4.69) is 55.3 Å². The number of hydrazine groups is 2. The molecule has 0 aromatic heterocycles. The quantitative estimate of drug-likeness (QED) is 0.320. The normalized spacial score (nSPS) is 20.0. The van der Waals surface area contributed by atoms with E-state index in [1.54, 1.807) is 19.1 Å². The van der Waals surface area contributed by atoms with E-state index in [0.717, 1.165) is 34.8 Å². The van der Waals surface area contributed by atoms with Gasteiger partial charge in [0.15, 0.2) is 0 Å². The summed E-state index contributed by atoms with van der Waals surface area (Å²) >= 11 is 5.89. The molecule has 0 unspecified atom stereocenters. The SMILES string of the molecule is CN(NC(=O)CS(=O)(=O)NN(C)C(=[Se])C1(C)CC1)C(=[Se])C1(C)CC1. The van der Waals surface area contributed by atoms with Gasteiger partial charge in [-0.1, -0.05) is 0 Å². The molecule has 24 heavy (non-hydrogen) atoms. The number of nitrogens with zero attached hydrogens (tertiary/aromatic N) is 2. The summed E-state index contributed by atoms with van der Waals surface area (Å²) in [6.07, 6.45) is 4.17. The molecule has 2 rings (SSSR count). The first-order valence-corrected chi connectivity index (χ1v) is 11.1. The van der Waals surface area contributed by atoms with E-state index >= 15 is 0 Å². The maximum absolute atomic E-state index is 12.2. The van der Waals surface area contributed by atoms with Gasteiger partial charge in [0.2, 0.25) is 0 Å². The Hall–Kier alpha value is -0.241. The minimum absolute atomic E-state index is 0.0152. The van der Waals surface area contributed by atoms with Crippen molar-refractivity contribution in [2.75, 3.05) is 19.8 Å². The summed E-state index contributed by atoms with van der Waals surface area (Å²) in [5.41, 5.74) is 2.69. The van der Waals surface area contributed by atoms with E-state index in [4.69, 9.17) is 0 Å². The van der Waals surface area contributed by atoms with Crippen molar-refractivity contribution in [2.24, 2.45) is 10.8 Å². The van der Waals surface area contributed by atoms with Crippen molar-refractivity contribution in [1.82, 2.24) is 20.3 Å². The number of hydrogen-bond donors (Lipinski definition) is 2. The Morgan fingerprint density at radius 2 is 1.42 bits per heavy atom. The van der Waals surface area contributed by atoms with Gasteiger partial charge in [-0.2, -0.15) is 0 Å². The van der Waals surface area contributed by atoms with Crippen molar-refractivity contribution in [2.45, 2.75) is 39.5 Å². The third-order valence-corrected chi connectivity index (χ3v) is 8.94. The second kappa shape index (κ2) is 6.82. The molecule has 0 saturated heterocycles. The molecule has 0 atom stereocenters. The zero-order chi connectivity index (χ0) is 18.3. The third kappa shape index (κ3) is 4.90. The number of nitrogens with one attached hydrogen (secondary N) is 2. The van der Waals surface area contributed by atoms with E-state index in [9.17, 15) is 13.2 Å². The Morgan fingerprint density at radius 1 is 1.00 bits per heavy atom. The van der Waals surface area contributed by atoms with Crippen LogP contribution in [0.5, 0.6) is 0 Å². The zero-order valence-corrected chi connectivity index (χ0v) is 18.6. The Kier molecular flexibility index (Phi) is 5.70. The van der Waals surface area contributed by atoms with Crippen LogP contribution in [-0.2, 0) is 14.8 Å². The standard InChI is InChI=1S/C14H24N4O3SSe2/c1-13(5-6-13)11(23)17(3)15-10(19)9-22(20,21)16-18(4)12(24)14(2)7-8-14/h16H,5-9H2,1-4H3,(H,15,19). The predicted molar refractivity (Wildman–Crippen MR) is 96.8 cm³/mol. The van der Waals surface area contributed by atoms with Crippen molar-refractivity contribution < 1.29 is 13.2 Å². The number of rotatable bonds is 9. The maximum atomic E-state index is 12.2. The van der Waals surface area contributed by atoms with Gasteiger partial charge in [-0.05, 0) is 0 Å².